The summed E-state index contributed by atoms with van der Waals surface area (Å²) in [5, 5.41) is 11.6. The Hall–Kier alpha value is -1.66. The van der Waals surface area contributed by atoms with Gasteiger partial charge in [-0.2, -0.15) is 5.48 Å². The molecule has 0 heterocycles. The molecule has 0 amide bonds. The molecule has 0 aromatic carbocycles. The van der Waals surface area contributed by atoms with Crippen LogP contribution in [0.3, 0.4) is 0 Å². The Morgan fingerprint density at radius 2 is 1.75 bits per heavy atom. The summed E-state index contributed by atoms with van der Waals surface area (Å²) in [6.45, 7) is 3.23. The molecule has 6 nitrogen and oxygen atoms in total. The summed E-state index contributed by atoms with van der Waals surface area (Å²) in [5.41, 5.74) is 3.06. The minimum absolute atomic E-state index is 0.471. The van der Waals surface area contributed by atoms with E-state index in [9.17, 15) is 9.59 Å². The van der Waals surface area contributed by atoms with E-state index in [0.717, 1.165) is 38.3 Å². The van der Waals surface area contributed by atoms with Crippen LogP contribution in [0.1, 0.15) is 32.6 Å². The van der Waals surface area contributed by atoms with Crippen LogP contribution in [0.2, 0.25) is 0 Å². The second-order valence-corrected chi connectivity index (χ2v) is 4.39. The molecule has 3 N–H and O–H groups in total. The van der Waals surface area contributed by atoms with Crippen molar-refractivity contribution in [3.63, 3.8) is 0 Å². The molecule has 0 saturated carbocycles. The number of aliphatic carboxylic acids is 1. The largest absolute Gasteiger partial charge is 0.478 e. The average Bonchev–Trinajstić information content (AvgIpc) is 2.38. The van der Waals surface area contributed by atoms with Crippen molar-refractivity contribution in [1.82, 2.24) is 10.8 Å². The summed E-state index contributed by atoms with van der Waals surface area (Å²) >= 11 is 0. The first-order chi connectivity index (χ1) is 9.56. The van der Waals surface area contributed by atoms with Gasteiger partial charge >= 0.3 is 11.9 Å². The van der Waals surface area contributed by atoms with Crippen molar-refractivity contribution in [2.75, 3.05) is 20.1 Å². The van der Waals surface area contributed by atoms with Gasteiger partial charge in [-0.1, -0.05) is 18.9 Å². The fourth-order valence-electron chi connectivity index (χ4n) is 1.45. The van der Waals surface area contributed by atoms with E-state index < -0.39 is 11.9 Å². The van der Waals surface area contributed by atoms with Gasteiger partial charge in [0.1, 0.15) is 0 Å². The first-order valence-electron chi connectivity index (χ1n) is 6.74. The zero-order valence-corrected chi connectivity index (χ0v) is 12.1. The third-order valence-electron chi connectivity index (χ3n) is 2.46. The second-order valence-electron chi connectivity index (χ2n) is 4.39. The number of hydrogen-bond acceptors (Lipinski definition) is 5. The third-order valence-corrected chi connectivity index (χ3v) is 2.46. The van der Waals surface area contributed by atoms with Crippen molar-refractivity contribution in [1.29, 1.82) is 0 Å². The van der Waals surface area contributed by atoms with Crippen molar-refractivity contribution in [2.24, 2.45) is 0 Å². The zero-order chi connectivity index (χ0) is 15.2. The summed E-state index contributed by atoms with van der Waals surface area (Å²) in [6.07, 6.45) is 7.93. The van der Waals surface area contributed by atoms with Crippen LogP contribution in [-0.2, 0) is 14.4 Å². The number of rotatable bonds is 11. The lowest BCUT2D eigenvalue weighted by atomic mass is 10.2. The van der Waals surface area contributed by atoms with Crippen LogP contribution in [-0.4, -0.2) is 37.2 Å². The number of allylic oxidation sites excluding steroid dienone is 2. The van der Waals surface area contributed by atoms with E-state index in [4.69, 9.17) is 9.94 Å². The molecule has 0 bridgehead atoms. The van der Waals surface area contributed by atoms with Crippen LogP contribution in [0.25, 0.3) is 0 Å². The lowest BCUT2D eigenvalue weighted by Crippen LogP contribution is -2.19. The predicted octanol–water partition coefficient (Wildman–Crippen LogP) is 1.40. The SMILES string of the molecule is CNCCCCCCNOC(=O)/C=C/C(C)=C/C(=O)O. The molecule has 0 aliphatic carbocycles. The molecule has 0 aliphatic heterocycles. The lowest BCUT2D eigenvalue weighted by molar-refractivity contribution is -0.145. The van der Waals surface area contributed by atoms with Gasteiger partial charge in [0.2, 0.25) is 0 Å². The summed E-state index contributed by atoms with van der Waals surface area (Å²) < 4.78 is 0. The normalized spacial score (nSPS) is 11.8. The minimum atomic E-state index is -1.04. The summed E-state index contributed by atoms with van der Waals surface area (Å²) in [5.74, 6) is -1.59. The van der Waals surface area contributed by atoms with Gasteiger partial charge in [-0.15, -0.1) is 0 Å². The van der Waals surface area contributed by atoms with Crippen molar-refractivity contribution in [3.05, 3.63) is 23.8 Å². The van der Waals surface area contributed by atoms with Crippen LogP contribution < -0.4 is 10.8 Å². The van der Waals surface area contributed by atoms with E-state index in [1.807, 2.05) is 7.05 Å². The molecule has 0 unspecified atom stereocenters. The molecule has 114 valence electrons. The molecule has 0 spiro atoms. The van der Waals surface area contributed by atoms with Crippen LogP contribution in [0, 0.1) is 0 Å². The highest BCUT2D eigenvalue weighted by molar-refractivity contribution is 5.84. The van der Waals surface area contributed by atoms with Gasteiger partial charge in [-0.25, -0.2) is 9.59 Å². The first-order valence-corrected chi connectivity index (χ1v) is 6.74. The Kier molecular flexibility index (Phi) is 11.4. The molecule has 0 atom stereocenters. The Morgan fingerprint density at radius 3 is 2.35 bits per heavy atom. The Bertz CT molecular complexity index is 351. The van der Waals surface area contributed by atoms with Gasteiger partial charge < -0.3 is 15.3 Å². The van der Waals surface area contributed by atoms with Crippen LogP contribution in [0.15, 0.2) is 23.8 Å². The zero-order valence-electron chi connectivity index (χ0n) is 12.1. The fourth-order valence-corrected chi connectivity index (χ4v) is 1.45. The van der Waals surface area contributed by atoms with Crippen molar-refractivity contribution < 1.29 is 19.5 Å². The van der Waals surface area contributed by atoms with E-state index in [0.29, 0.717) is 12.1 Å². The van der Waals surface area contributed by atoms with Crippen molar-refractivity contribution >= 4 is 11.9 Å². The highest BCUT2D eigenvalue weighted by Gasteiger charge is 1.97. The highest BCUT2D eigenvalue weighted by atomic mass is 16.7. The maximum atomic E-state index is 11.3. The maximum absolute atomic E-state index is 11.3. The van der Waals surface area contributed by atoms with E-state index in [1.165, 1.54) is 12.2 Å². The topological polar surface area (TPSA) is 87.7 Å². The molecular weight excluding hydrogens is 260 g/mol. The molecule has 0 aromatic heterocycles. The van der Waals surface area contributed by atoms with Crippen molar-refractivity contribution in [3.8, 4) is 0 Å². The van der Waals surface area contributed by atoms with Gasteiger partial charge in [0, 0.05) is 18.7 Å². The monoisotopic (exact) mass is 284 g/mol. The summed E-state index contributed by atoms with van der Waals surface area (Å²) in [4.78, 5) is 26.4. The second kappa shape index (κ2) is 12.4. The van der Waals surface area contributed by atoms with Crippen LogP contribution in [0.5, 0.6) is 0 Å². The lowest BCUT2D eigenvalue weighted by Gasteiger charge is -2.03. The molecular formula is C14H24N2O4. The molecule has 0 fully saturated rings. The number of carboxylic acids is 1. The van der Waals surface area contributed by atoms with Gasteiger partial charge in [0.15, 0.2) is 0 Å². The number of carboxylic acid groups (broad SMARTS) is 1. The van der Waals surface area contributed by atoms with Crippen LogP contribution >= 0.6 is 0 Å². The van der Waals surface area contributed by atoms with Crippen LogP contribution in [0.4, 0.5) is 0 Å². The van der Waals surface area contributed by atoms with Gasteiger partial charge in [-0.05, 0) is 38.9 Å². The van der Waals surface area contributed by atoms with Gasteiger partial charge in [0.25, 0.3) is 0 Å². The molecule has 6 heteroatoms. The Balaban J connectivity index is 3.59. The van der Waals surface area contributed by atoms with Gasteiger partial charge in [0.05, 0.1) is 0 Å². The highest BCUT2D eigenvalue weighted by Crippen LogP contribution is 1.98. The number of unbranched alkanes of at least 4 members (excludes halogenated alkanes) is 3. The van der Waals surface area contributed by atoms with Gasteiger partial charge in [-0.3, -0.25) is 0 Å². The molecule has 0 saturated heterocycles. The molecule has 0 rings (SSSR count). The Labute approximate surface area is 119 Å². The summed E-state index contributed by atoms with van der Waals surface area (Å²) in [6, 6.07) is 0. The number of hydroxylamine groups is 1. The number of hydrogen-bond donors (Lipinski definition) is 3. The van der Waals surface area contributed by atoms with E-state index in [1.54, 1.807) is 6.92 Å². The first kappa shape index (κ1) is 18.3. The minimum Gasteiger partial charge on any atom is -0.478 e. The predicted molar refractivity (Wildman–Crippen MR) is 77.0 cm³/mol. The molecule has 0 aliphatic rings. The molecule has 0 aromatic rings. The maximum Gasteiger partial charge on any atom is 0.349 e. The van der Waals surface area contributed by atoms with E-state index in [-0.39, 0.29) is 0 Å². The van der Waals surface area contributed by atoms with E-state index in [2.05, 4.69) is 10.8 Å². The van der Waals surface area contributed by atoms with Crippen molar-refractivity contribution in [2.45, 2.75) is 32.6 Å². The Morgan fingerprint density at radius 1 is 1.10 bits per heavy atom. The third kappa shape index (κ3) is 12.8. The quantitative estimate of drug-likeness (QED) is 0.230. The molecule has 0 radical (unpaired) electrons. The standard InChI is InChI=1S/C14H24N2O4/c1-12(11-13(17)18)7-8-14(19)20-16-10-6-4-3-5-9-15-2/h7-8,11,15-16H,3-6,9-10H2,1-2H3,(H,17,18)/b8-7+,12-11+. The number of carbonyl (C=O) groups is 2. The number of nitrogens with one attached hydrogen (secondary N) is 2. The molecule has 20 heavy (non-hydrogen) atoms. The smallest absolute Gasteiger partial charge is 0.349 e. The fraction of sp³-hybridized carbons (Fsp3) is 0.571. The number of carbonyl (C=O) groups excluding carboxylic acids is 1. The van der Waals surface area contributed by atoms with E-state index >= 15 is 0 Å². The average molecular weight is 284 g/mol. The summed E-state index contributed by atoms with van der Waals surface area (Å²) in [7, 11) is 1.93.